The summed E-state index contributed by atoms with van der Waals surface area (Å²) in [6, 6.07) is 8.16. The van der Waals surface area contributed by atoms with Crippen molar-refractivity contribution in [3.8, 4) is 0 Å². The number of nitrogens with one attached hydrogen (secondary N) is 2. The van der Waals surface area contributed by atoms with Crippen LogP contribution in [0.15, 0.2) is 24.3 Å². The van der Waals surface area contributed by atoms with E-state index in [9.17, 15) is 4.79 Å². The minimum Gasteiger partial charge on any atom is -0.354 e. The van der Waals surface area contributed by atoms with Crippen LogP contribution in [-0.4, -0.2) is 25.5 Å². The molecule has 0 unspecified atom stereocenters. The number of amides is 1. The maximum Gasteiger partial charge on any atom is 0.230 e. The Morgan fingerprint density at radius 3 is 2.32 bits per heavy atom. The minimum absolute atomic E-state index is 0.0784. The molecule has 2 N–H and O–H groups in total. The molecule has 106 valence electrons. The molecule has 0 saturated carbocycles. The summed E-state index contributed by atoms with van der Waals surface area (Å²) in [6.45, 7) is 10.6. The first-order valence-corrected chi connectivity index (χ1v) is 7.04. The maximum atomic E-state index is 12.2. The number of benzene rings is 1. The van der Waals surface area contributed by atoms with Gasteiger partial charge in [-0.1, -0.05) is 36.8 Å². The topological polar surface area (TPSA) is 41.1 Å². The molecule has 0 aliphatic heterocycles. The van der Waals surface area contributed by atoms with Crippen LogP contribution in [0, 0.1) is 6.92 Å². The average molecular weight is 262 g/mol. The molecule has 1 rings (SSSR count). The van der Waals surface area contributed by atoms with Crippen molar-refractivity contribution in [1.82, 2.24) is 10.6 Å². The van der Waals surface area contributed by atoms with Gasteiger partial charge in [0.1, 0.15) is 0 Å². The molecule has 0 fully saturated rings. The van der Waals surface area contributed by atoms with Crippen LogP contribution in [0.1, 0.15) is 38.3 Å². The predicted molar refractivity (Wildman–Crippen MR) is 80.4 cm³/mol. The van der Waals surface area contributed by atoms with Gasteiger partial charge in [-0.3, -0.25) is 4.79 Å². The van der Waals surface area contributed by atoms with Crippen molar-refractivity contribution in [3.05, 3.63) is 35.4 Å². The van der Waals surface area contributed by atoms with Gasteiger partial charge in [-0.15, -0.1) is 0 Å². The van der Waals surface area contributed by atoms with E-state index in [-0.39, 0.29) is 5.91 Å². The van der Waals surface area contributed by atoms with Crippen LogP contribution >= 0.6 is 0 Å². The Labute approximate surface area is 116 Å². The molecule has 0 aromatic heterocycles. The van der Waals surface area contributed by atoms with E-state index in [2.05, 4.69) is 24.5 Å². The first-order chi connectivity index (χ1) is 8.98. The summed E-state index contributed by atoms with van der Waals surface area (Å²) in [5.74, 6) is 0.0784. The van der Waals surface area contributed by atoms with Gasteiger partial charge in [-0.05, 0) is 39.3 Å². The molecule has 3 heteroatoms. The Hall–Kier alpha value is -1.35. The van der Waals surface area contributed by atoms with Crippen molar-refractivity contribution in [2.24, 2.45) is 0 Å². The second-order valence-electron chi connectivity index (χ2n) is 5.50. The summed E-state index contributed by atoms with van der Waals surface area (Å²) in [4.78, 5) is 12.2. The molecule has 0 saturated heterocycles. The normalized spacial score (nSPS) is 11.4. The maximum absolute atomic E-state index is 12.2. The highest BCUT2D eigenvalue weighted by Crippen LogP contribution is 2.23. The number of hydrogen-bond donors (Lipinski definition) is 2. The monoisotopic (exact) mass is 262 g/mol. The van der Waals surface area contributed by atoms with Crippen LogP contribution < -0.4 is 10.6 Å². The van der Waals surface area contributed by atoms with E-state index in [0.29, 0.717) is 6.54 Å². The summed E-state index contributed by atoms with van der Waals surface area (Å²) >= 11 is 0. The van der Waals surface area contributed by atoms with Crippen molar-refractivity contribution in [2.75, 3.05) is 19.6 Å². The number of carbonyl (C=O) groups excluding carboxylic acids is 1. The van der Waals surface area contributed by atoms with Crippen molar-refractivity contribution >= 4 is 5.91 Å². The molecule has 1 amide bonds. The molecule has 0 atom stereocenters. The molecular formula is C16H26N2O. The SMILES string of the molecule is CCCNCCNC(=O)C(C)(C)c1ccc(C)cc1. The lowest BCUT2D eigenvalue weighted by molar-refractivity contribution is -0.125. The lowest BCUT2D eigenvalue weighted by atomic mass is 9.83. The molecule has 3 nitrogen and oxygen atoms in total. The standard InChI is InChI=1S/C16H26N2O/c1-5-10-17-11-12-18-15(19)16(3,4)14-8-6-13(2)7-9-14/h6-9,17H,5,10-12H2,1-4H3,(H,18,19). The highest BCUT2D eigenvalue weighted by molar-refractivity contribution is 5.87. The summed E-state index contributed by atoms with van der Waals surface area (Å²) in [5.41, 5.74) is 1.78. The number of aryl methyl sites for hydroxylation is 1. The fraction of sp³-hybridized carbons (Fsp3) is 0.562. The lowest BCUT2D eigenvalue weighted by Crippen LogP contribution is -2.42. The van der Waals surface area contributed by atoms with Gasteiger partial charge in [0.05, 0.1) is 5.41 Å². The highest BCUT2D eigenvalue weighted by atomic mass is 16.2. The fourth-order valence-electron chi connectivity index (χ4n) is 1.89. The molecule has 0 radical (unpaired) electrons. The van der Waals surface area contributed by atoms with Crippen LogP contribution in [0.2, 0.25) is 0 Å². The quantitative estimate of drug-likeness (QED) is 0.741. The van der Waals surface area contributed by atoms with E-state index in [1.54, 1.807) is 0 Å². The van der Waals surface area contributed by atoms with E-state index in [1.807, 2.05) is 38.1 Å². The van der Waals surface area contributed by atoms with E-state index in [4.69, 9.17) is 0 Å². The summed E-state index contributed by atoms with van der Waals surface area (Å²) in [7, 11) is 0. The van der Waals surface area contributed by atoms with Gasteiger partial charge in [0.2, 0.25) is 5.91 Å². The van der Waals surface area contributed by atoms with Gasteiger partial charge in [0, 0.05) is 13.1 Å². The molecule has 0 aliphatic rings. The van der Waals surface area contributed by atoms with Crippen LogP contribution in [0.4, 0.5) is 0 Å². The summed E-state index contributed by atoms with van der Waals surface area (Å²) in [5, 5.41) is 6.27. The first-order valence-electron chi connectivity index (χ1n) is 7.04. The summed E-state index contributed by atoms with van der Waals surface area (Å²) in [6.07, 6.45) is 1.11. The Morgan fingerprint density at radius 2 is 1.74 bits per heavy atom. The van der Waals surface area contributed by atoms with Crippen LogP contribution in [0.3, 0.4) is 0 Å². The molecular weight excluding hydrogens is 236 g/mol. The van der Waals surface area contributed by atoms with E-state index in [1.165, 1.54) is 5.56 Å². The van der Waals surface area contributed by atoms with E-state index >= 15 is 0 Å². The Morgan fingerprint density at radius 1 is 1.11 bits per heavy atom. The Balaban J connectivity index is 2.52. The molecule has 0 spiro atoms. The van der Waals surface area contributed by atoms with E-state index < -0.39 is 5.41 Å². The van der Waals surface area contributed by atoms with Crippen molar-refractivity contribution in [1.29, 1.82) is 0 Å². The van der Waals surface area contributed by atoms with Gasteiger partial charge in [0.15, 0.2) is 0 Å². The first kappa shape index (κ1) is 15.7. The molecule has 0 heterocycles. The van der Waals surface area contributed by atoms with Crippen LogP contribution in [-0.2, 0) is 10.2 Å². The highest BCUT2D eigenvalue weighted by Gasteiger charge is 2.29. The second-order valence-corrected chi connectivity index (χ2v) is 5.50. The van der Waals surface area contributed by atoms with Gasteiger partial charge in [-0.25, -0.2) is 0 Å². The number of hydrogen-bond acceptors (Lipinski definition) is 2. The largest absolute Gasteiger partial charge is 0.354 e. The molecule has 1 aromatic carbocycles. The number of carbonyl (C=O) groups is 1. The fourth-order valence-corrected chi connectivity index (χ4v) is 1.89. The van der Waals surface area contributed by atoms with Crippen molar-refractivity contribution < 1.29 is 4.79 Å². The lowest BCUT2D eigenvalue weighted by Gasteiger charge is -2.24. The zero-order valence-electron chi connectivity index (χ0n) is 12.5. The van der Waals surface area contributed by atoms with Crippen molar-refractivity contribution in [3.63, 3.8) is 0 Å². The van der Waals surface area contributed by atoms with Crippen LogP contribution in [0.5, 0.6) is 0 Å². The third-order valence-corrected chi connectivity index (χ3v) is 3.36. The van der Waals surface area contributed by atoms with Gasteiger partial charge in [-0.2, -0.15) is 0 Å². The zero-order chi connectivity index (χ0) is 14.3. The second kappa shape index (κ2) is 7.29. The third kappa shape index (κ3) is 4.67. The van der Waals surface area contributed by atoms with Crippen LogP contribution in [0.25, 0.3) is 0 Å². The van der Waals surface area contributed by atoms with Gasteiger partial charge < -0.3 is 10.6 Å². The Kier molecular flexibility index (Phi) is 6.03. The molecule has 0 aliphatic carbocycles. The molecule has 0 bridgehead atoms. The Bertz CT molecular complexity index is 396. The summed E-state index contributed by atoms with van der Waals surface area (Å²) < 4.78 is 0. The predicted octanol–water partition coefficient (Wildman–Crippen LogP) is 2.39. The van der Waals surface area contributed by atoms with Gasteiger partial charge in [0.25, 0.3) is 0 Å². The molecule has 19 heavy (non-hydrogen) atoms. The van der Waals surface area contributed by atoms with Crippen molar-refractivity contribution in [2.45, 2.75) is 39.5 Å². The smallest absolute Gasteiger partial charge is 0.230 e. The average Bonchev–Trinajstić information content (AvgIpc) is 2.38. The third-order valence-electron chi connectivity index (χ3n) is 3.36. The van der Waals surface area contributed by atoms with Gasteiger partial charge >= 0.3 is 0 Å². The zero-order valence-corrected chi connectivity index (χ0v) is 12.5. The molecule has 1 aromatic rings. The number of rotatable bonds is 7. The minimum atomic E-state index is -0.488. The van der Waals surface area contributed by atoms with E-state index in [0.717, 1.165) is 25.1 Å².